The number of benzene rings is 1. The maximum absolute atomic E-state index is 12.2. The first-order valence-corrected chi connectivity index (χ1v) is 6.84. The fourth-order valence-corrected chi connectivity index (χ4v) is 2.22. The summed E-state index contributed by atoms with van der Waals surface area (Å²) in [5, 5.41) is 2.94. The number of carbonyl (C=O) groups excluding carboxylic acids is 1. The summed E-state index contributed by atoms with van der Waals surface area (Å²) in [5.41, 5.74) is 0.996. The summed E-state index contributed by atoms with van der Waals surface area (Å²) in [6.07, 6.45) is 1.01. The zero-order valence-corrected chi connectivity index (χ0v) is 11.7. The van der Waals surface area contributed by atoms with E-state index in [0.717, 1.165) is 11.3 Å². The van der Waals surface area contributed by atoms with Gasteiger partial charge in [0.15, 0.2) is 6.10 Å². The van der Waals surface area contributed by atoms with Crippen molar-refractivity contribution in [3.63, 3.8) is 0 Å². The number of aromatic nitrogens is 1. The molecule has 0 aliphatic carbocycles. The molecule has 0 saturated heterocycles. The molecule has 0 saturated carbocycles. The van der Waals surface area contributed by atoms with Crippen molar-refractivity contribution >= 4 is 5.91 Å². The van der Waals surface area contributed by atoms with E-state index in [9.17, 15) is 4.79 Å². The van der Waals surface area contributed by atoms with Gasteiger partial charge in [0.05, 0.1) is 6.04 Å². The molecule has 2 unspecified atom stereocenters. The molecule has 2 atom stereocenters. The number of amides is 1. The van der Waals surface area contributed by atoms with Crippen molar-refractivity contribution in [2.24, 2.45) is 0 Å². The van der Waals surface area contributed by atoms with Crippen LogP contribution in [0.15, 0.2) is 48.7 Å². The van der Waals surface area contributed by atoms with Crippen LogP contribution in [0, 0.1) is 0 Å². The summed E-state index contributed by atoms with van der Waals surface area (Å²) in [4.78, 5) is 16.2. The van der Waals surface area contributed by atoms with Crippen molar-refractivity contribution in [3.8, 4) is 11.6 Å². The van der Waals surface area contributed by atoms with E-state index >= 15 is 0 Å². The maximum atomic E-state index is 12.2. The van der Waals surface area contributed by atoms with Crippen LogP contribution in [0.1, 0.15) is 18.5 Å². The second-order valence-corrected chi connectivity index (χ2v) is 4.84. The van der Waals surface area contributed by atoms with Crippen LogP contribution in [0.5, 0.6) is 11.6 Å². The monoisotopic (exact) mass is 284 g/mol. The highest BCUT2D eigenvalue weighted by molar-refractivity contribution is 5.81. The van der Waals surface area contributed by atoms with Gasteiger partial charge in [-0.2, -0.15) is 0 Å². The van der Waals surface area contributed by atoms with Gasteiger partial charge in [0, 0.05) is 17.8 Å². The van der Waals surface area contributed by atoms with Gasteiger partial charge in [-0.15, -0.1) is 0 Å². The molecule has 0 radical (unpaired) electrons. The minimum absolute atomic E-state index is 0.136. The number of fused-ring (bicyclic) bond motifs is 1. The van der Waals surface area contributed by atoms with E-state index in [1.54, 1.807) is 25.3 Å². The fourth-order valence-electron chi connectivity index (χ4n) is 2.22. The Morgan fingerprint density at radius 3 is 2.95 bits per heavy atom. The van der Waals surface area contributed by atoms with E-state index in [0.29, 0.717) is 12.5 Å². The summed E-state index contributed by atoms with van der Waals surface area (Å²) in [6, 6.07) is 12.9. The van der Waals surface area contributed by atoms with Gasteiger partial charge in [-0.05, 0) is 19.1 Å². The Kier molecular flexibility index (Phi) is 3.73. The third-order valence-corrected chi connectivity index (χ3v) is 3.32. The Labute approximate surface area is 122 Å². The predicted molar refractivity (Wildman–Crippen MR) is 77.1 cm³/mol. The lowest BCUT2D eigenvalue weighted by Gasteiger charge is -2.17. The zero-order valence-electron chi connectivity index (χ0n) is 11.7. The van der Waals surface area contributed by atoms with Crippen molar-refractivity contribution in [1.82, 2.24) is 10.3 Å². The number of nitrogens with one attached hydrogen (secondary N) is 1. The molecule has 5 nitrogen and oxygen atoms in total. The van der Waals surface area contributed by atoms with E-state index < -0.39 is 6.10 Å². The minimum Gasteiger partial charge on any atom is -0.491 e. The molecule has 1 aliphatic heterocycles. The van der Waals surface area contributed by atoms with Crippen LogP contribution in [0.2, 0.25) is 0 Å². The summed E-state index contributed by atoms with van der Waals surface area (Å²) in [6.45, 7) is 2.15. The van der Waals surface area contributed by atoms with E-state index in [1.807, 2.05) is 30.3 Å². The first-order valence-electron chi connectivity index (χ1n) is 6.84. The highest BCUT2D eigenvalue weighted by Gasteiger charge is 2.27. The molecule has 21 heavy (non-hydrogen) atoms. The van der Waals surface area contributed by atoms with Gasteiger partial charge in [0.25, 0.3) is 5.91 Å². The van der Waals surface area contributed by atoms with Crippen molar-refractivity contribution in [1.29, 1.82) is 0 Å². The smallest absolute Gasteiger partial charge is 0.261 e. The Bertz CT molecular complexity index is 630. The standard InChI is InChI=1S/C16H16N2O3/c1-11(21-15-8-4-5-9-17-15)16(19)18-13-10-20-14-7-3-2-6-12(13)14/h2-9,11,13H,10H2,1H3,(H,18,19). The molecule has 0 bridgehead atoms. The number of pyridine rings is 1. The van der Waals surface area contributed by atoms with Crippen LogP contribution in [0.25, 0.3) is 0 Å². The molecule has 5 heteroatoms. The van der Waals surface area contributed by atoms with Gasteiger partial charge >= 0.3 is 0 Å². The summed E-state index contributed by atoms with van der Waals surface area (Å²) >= 11 is 0. The molecule has 2 heterocycles. The van der Waals surface area contributed by atoms with Crippen molar-refractivity contribution < 1.29 is 14.3 Å². The Balaban J connectivity index is 1.62. The molecule has 3 rings (SSSR count). The van der Waals surface area contributed by atoms with Crippen LogP contribution >= 0.6 is 0 Å². The summed E-state index contributed by atoms with van der Waals surface area (Å²) < 4.78 is 11.1. The normalized spacial score (nSPS) is 17.5. The Hall–Kier alpha value is -2.56. The number of hydrogen-bond donors (Lipinski definition) is 1. The van der Waals surface area contributed by atoms with Gasteiger partial charge in [0.2, 0.25) is 5.88 Å². The molecule has 108 valence electrons. The predicted octanol–water partition coefficient (Wildman–Crippen LogP) is 2.10. The summed E-state index contributed by atoms with van der Waals surface area (Å²) in [7, 11) is 0. The average Bonchev–Trinajstić information content (AvgIpc) is 2.91. The molecular formula is C16H16N2O3. The van der Waals surface area contributed by atoms with Crippen LogP contribution in [0.4, 0.5) is 0 Å². The lowest BCUT2D eigenvalue weighted by molar-refractivity contribution is -0.128. The second kappa shape index (κ2) is 5.83. The SMILES string of the molecule is CC(Oc1ccccn1)C(=O)NC1COc2ccccc21. The minimum atomic E-state index is -0.618. The number of para-hydroxylation sites is 1. The quantitative estimate of drug-likeness (QED) is 0.934. The topological polar surface area (TPSA) is 60.5 Å². The van der Waals surface area contributed by atoms with Gasteiger partial charge in [-0.3, -0.25) is 4.79 Å². The van der Waals surface area contributed by atoms with Crippen LogP contribution in [0.3, 0.4) is 0 Å². The van der Waals surface area contributed by atoms with Crippen LogP contribution < -0.4 is 14.8 Å². The number of carbonyl (C=O) groups is 1. The fraction of sp³-hybridized carbons (Fsp3) is 0.250. The molecular weight excluding hydrogens is 268 g/mol. The molecule has 1 N–H and O–H groups in total. The van der Waals surface area contributed by atoms with Crippen LogP contribution in [-0.2, 0) is 4.79 Å². The molecule has 1 amide bonds. The van der Waals surface area contributed by atoms with E-state index in [1.165, 1.54) is 0 Å². The molecule has 1 aromatic heterocycles. The van der Waals surface area contributed by atoms with Gasteiger partial charge in [-0.1, -0.05) is 24.3 Å². The van der Waals surface area contributed by atoms with Gasteiger partial charge in [0.1, 0.15) is 12.4 Å². The second-order valence-electron chi connectivity index (χ2n) is 4.84. The molecule has 1 aromatic carbocycles. The maximum Gasteiger partial charge on any atom is 0.261 e. The zero-order chi connectivity index (χ0) is 14.7. The van der Waals surface area contributed by atoms with Gasteiger partial charge < -0.3 is 14.8 Å². The first-order chi connectivity index (χ1) is 10.2. The third kappa shape index (κ3) is 2.97. The first kappa shape index (κ1) is 13.4. The Morgan fingerprint density at radius 1 is 1.33 bits per heavy atom. The van der Waals surface area contributed by atoms with E-state index in [4.69, 9.17) is 9.47 Å². The lowest BCUT2D eigenvalue weighted by atomic mass is 10.1. The lowest BCUT2D eigenvalue weighted by Crippen LogP contribution is -2.39. The van der Waals surface area contributed by atoms with Crippen LogP contribution in [-0.4, -0.2) is 23.6 Å². The molecule has 2 aromatic rings. The van der Waals surface area contributed by atoms with Crippen molar-refractivity contribution in [2.75, 3.05) is 6.61 Å². The highest BCUT2D eigenvalue weighted by Crippen LogP contribution is 2.31. The highest BCUT2D eigenvalue weighted by atomic mass is 16.5. The van der Waals surface area contributed by atoms with E-state index in [2.05, 4.69) is 10.3 Å². The summed E-state index contributed by atoms with van der Waals surface area (Å²) in [5.74, 6) is 1.07. The number of ether oxygens (including phenoxy) is 2. The molecule has 1 aliphatic rings. The average molecular weight is 284 g/mol. The van der Waals surface area contributed by atoms with Crippen molar-refractivity contribution in [2.45, 2.75) is 19.1 Å². The van der Waals surface area contributed by atoms with Crippen molar-refractivity contribution in [3.05, 3.63) is 54.2 Å². The number of hydrogen-bond acceptors (Lipinski definition) is 4. The van der Waals surface area contributed by atoms with Gasteiger partial charge in [-0.25, -0.2) is 4.98 Å². The number of rotatable bonds is 4. The molecule has 0 spiro atoms. The largest absolute Gasteiger partial charge is 0.491 e. The third-order valence-electron chi connectivity index (χ3n) is 3.32. The van der Waals surface area contributed by atoms with E-state index in [-0.39, 0.29) is 11.9 Å². The number of nitrogens with zero attached hydrogens (tertiary/aromatic N) is 1. The molecule has 0 fully saturated rings. The Morgan fingerprint density at radius 2 is 2.14 bits per heavy atom.